The van der Waals surface area contributed by atoms with Crippen LogP contribution in [0.5, 0.6) is 0 Å². The van der Waals surface area contributed by atoms with E-state index >= 15 is 0 Å². The van der Waals surface area contributed by atoms with Crippen LogP contribution < -0.4 is 5.32 Å². The van der Waals surface area contributed by atoms with Crippen molar-refractivity contribution in [2.24, 2.45) is 0 Å². The lowest BCUT2D eigenvalue weighted by Crippen LogP contribution is -2.13. The molecule has 0 fully saturated rings. The molecule has 112 valence electrons. The number of aliphatic carboxylic acids is 1. The Balaban J connectivity index is 2.23. The molecule has 2 N–H and O–H groups in total. The first kappa shape index (κ1) is 15.5. The zero-order chi connectivity index (χ0) is 16.1. The number of carboxylic acid groups (broad SMARTS) is 1. The Labute approximate surface area is 129 Å². The number of hydrogen-bond donors (Lipinski definition) is 2. The third-order valence-corrected chi connectivity index (χ3v) is 3.17. The molecule has 0 aromatic heterocycles. The van der Waals surface area contributed by atoms with Crippen molar-refractivity contribution in [2.45, 2.75) is 13.8 Å². The van der Waals surface area contributed by atoms with Gasteiger partial charge in [0.25, 0.3) is 0 Å². The van der Waals surface area contributed by atoms with Gasteiger partial charge in [0.1, 0.15) is 5.70 Å². The van der Waals surface area contributed by atoms with Crippen molar-refractivity contribution in [2.75, 3.05) is 5.32 Å². The quantitative estimate of drug-likeness (QED) is 0.653. The predicted molar refractivity (Wildman–Crippen MR) is 86.0 cm³/mol. The smallest absolute Gasteiger partial charge is 0.352 e. The van der Waals surface area contributed by atoms with Crippen LogP contribution in [0.3, 0.4) is 0 Å². The number of anilines is 1. The third-order valence-electron chi connectivity index (χ3n) is 3.17. The summed E-state index contributed by atoms with van der Waals surface area (Å²) >= 11 is 0. The lowest BCUT2D eigenvalue weighted by molar-refractivity contribution is -0.132. The first-order valence-electron chi connectivity index (χ1n) is 6.85. The van der Waals surface area contributed by atoms with E-state index in [0.717, 1.165) is 17.2 Å². The van der Waals surface area contributed by atoms with Crippen molar-refractivity contribution >= 4 is 17.4 Å². The fourth-order valence-electron chi connectivity index (χ4n) is 1.88. The molecule has 0 spiro atoms. The van der Waals surface area contributed by atoms with Crippen molar-refractivity contribution in [3.05, 3.63) is 77.0 Å². The van der Waals surface area contributed by atoms with Gasteiger partial charge in [-0.3, -0.25) is 4.79 Å². The lowest BCUT2D eigenvalue weighted by Gasteiger charge is -2.07. The molecule has 0 aliphatic rings. The Morgan fingerprint density at radius 1 is 0.909 bits per heavy atom. The van der Waals surface area contributed by atoms with Gasteiger partial charge >= 0.3 is 5.97 Å². The Bertz CT molecular complexity index is 713. The summed E-state index contributed by atoms with van der Waals surface area (Å²) in [5.74, 6) is -1.53. The predicted octanol–water partition coefficient (Wildman–Crippen LogP) is 3.57. The van der Waals surface area contributed by atoms with E-state index in [2.05, 4.69) is 5.32 Å². The highest BCUT2D eigenvalue weighted by atomic mass is 16.4. The molecule has 0 heterocycles. The van der Waals surface area contributed by atoms with Gasteiger partial charge in [-0.25, -0.2) is 4.79 Å². The van der Waals surface area contributed by atoms with Gasteiger partial charge in [0.2, 0.25) is 0 Å². The first-order valence-corrected chi connectivity index (χ1v) is 6.85. The maximum absolute atomic E-state index is 12.1. The topological polar surface area (TPSA) is 66.4 Å². The number of allylic oxidation sites excluding steroid dienone is 1. The van der Waals surface area contributed by atoms with Crippen LogP contribution in [0.15, 0.2) is 60.3 Å². The third kappa shape index (κ3) is 4.06. The summed E-state index contributed by atoms with van der Waals surface area (Å²) < 4.78 is 0. The maximum Gasteiger partial charge on any atom is 0.352 e. The summed E-state index contributed by atoms with van der Waals surface area (Å²) in [4.78, 5) is 23.4. The molecular formula is C18H17NO3. The van der Waals surface area contributed by atoms with Crippen LogP contribution in [-0.2, 0) is 4.79 Å². The second-order valence-electron chi connectivity index (χ2n) is 5.08. The molecule has 4 nitrogen and oxygen atoms in total. The molecule has 2 aromatic rings. The van der Waals surface area contributed by atoms with Crippen molar-refractivity contribution in [3.8, 4) is 0 Å². The fourth-order valence-corrected chi connectivity index (χ4v) is 1.88. The van der Waals surface area contributed by atoms with E-state index in [1.54, 1.807) is 24.3 Å². The Hall–Kier alpha value is -2.88. The van der Waals surface area contributed by atoms with Crippen molar-refractivity contribution in [1.82, 2.24) is 0 Å². The van der Waals surface area contributed by atoms with Crippen LogP contribution in [0.2, 0.25) is 0 Å². The molecule has 0 atom stereocenters. The van der Waals surface area contributed by atoms with Gasteiger partial charge in [-0.05, 0) is 26.0 Å². The maximum atomic E-state index is 12.1. The number of nitrogens with one attached hydrogen (secondary N) is 1. The van der Waals surface area contributed by atoms with E-state index in [0.29, 0.717) is 11.3 Å². The zero-order valence-electron chi connectivity index (χ0n) is 12.5. The second kappa shape index (κ2) is 6.72. The number of hydrogen-bond acceptors (Lipinski definition) is 3. The molecule has 0 aliphatic carbocycles. The molecule has 4 heteroatoms. The summed E-state index contributed by atoms with van der Waals surface area (Å²) in [6.07, 6.45) is 1.10. The van der Waals surface area contributed by atoms with Crippen molar-refractivity contribution in [1.29, 1.82) is 0 Å². The van der Waals surface area contributed by atoms with E-state index < -0.39 is 5.97 Å². The van der Waals surface area contributed by atoms with Gasteiger partial charge in [-0.2, -0.15) is 0 Å². The minimum absolute atomic E-state index is 0.158. The molecule has 2 rings (SSSR count). The summed E-state index contributed by atoms with van der Waals surface area (Å²) in [6.45, 7) is 3.87. The summed E-state index contributed by atoms with van der Waals surface area (Å²) in [5, 5.41) is 12.0. The molecule has 0 amide bonds. The van der Waals surface area contributed by atoms with E-state index in [4.69, 9.17) is 0 Å². The minimum Gasteiger partial charge on any atom is -0.477 e. The van der Waals surface area contributed by atoms with Gasteiger partial charge in [0, 0.05) is 17.3 Å². The molecule has 0 saturated heterocycles. The zero-order valence-corrected chi connectivity index (χ0v) is 12.5. The van der Waals surface area contributed by atoms with Gasteiger partial charge in [-0.15, -0.1) is 0 Å². The highest BCUT2D eigenvalue weighted by Crippen LogP contribution is 2.13. The van der Waals surface area contributed by atoms with Crippen LogP contribution in [0.25, 0.3) is 0 Å². The second-order valence-corrected chi connectivity index (χ2v) is 5.08. The SMILES string of the molecule is Cc1ccc(NC(=CC(=O)c2ccc(C)cc2)C(=O)O)cc1. The van der Waals surface area contributed by atoms with E-state index in [1.165, 1.54) is 0 Å². The molecule has 0 radical (unpaired) electrons. The fraction of sp³-hybridized carbons (Fsp3) is 0.111. The van der Waals surface area contributed by atoms with Crippen LogP contribution in [0.1, 0.15) is 21.5 Å². The molecular weight excluding hydrogens is 278 g/mol. The van der Waals surface area contributed by atoms with Gasteiger partial charge < -0.3 is 10.4 Å². The van der Waals surface area contributed by atoms with Gasteiger partial charge in [0.05, 0.1) is 0 Å². The number of aryl methyl sites for hydroxylation is 2. The highest BCUT2D eigenvalue weighted by Gasteiger charge is 2.11. The van der Waals surface area contributed by atoms with Crippen molar-refractivity contribution < 1.29 is 14.7 Å². The number of rotatable bonds is 5. The van der Waals surface area contributed by atoms with E-state index in [9.17, 15) is 14.7 Å². The Morgan fingerprint density at radius 2 is 1.41 bits per heavy atom. The number of benzene rings is 2. The van der Waals surface area contributed by atoms with Gasteiger partial charge in [0.15, 0.2) is 5.78 Å². The monoisotopic (exact) mass is 295 g/mol. The summed E-state index contributed by atoms with van der Waals surface area (Å²) in [6, 6.07) is 14.3. The Morgan fingerprint density at radius 3 is 1.91 bits per heavy atom. The largest absolute Gasteiger partial charge is 0.477 e. The number of carboxylic acids is 1. The molecule has 22 heavy (non-hydrogen) atoms. The molecule has 0 aliphatic heterocycles. The molecule has 0 saturated carbocycles. The molecule has 0 bridgehead atoms. The molecule has 2 aromatic carbocycles. The normalized spacial score (nSPS) is 11.1. The van der Waals surface area contributed by atoms with Crippen LogP contribution in [0.4, 0.5) is 5.69 Å². The summed E-state index contributed by atoms with van der Waals surface area (Å²) in [5.41, 5.74) is 3.03. The van der Waals surface area contributed by atoms with Crippen LogP contribution >= 0.6 is 0 Å². The van der Waals surface area contributed by atoms with Crippen molar-refractivity contribution in [3.63, 3.8) is 0 Å². The van der Waals surface area contributed by atoms with E-state index in [1.807, 2.05) is 38.1 Å². The average molecular weight is 295 g/mol. The molecule has 0 unspecified atom stereocenters. The summed E-state index contributed by atoms with van der Waals surface area (Å²) in [7, 11) is 0. The number of carbonyl (C=O) groups is 2. The first-order chi connectivity index (χ1) is 10.5. The minimum atomic E-state index is -1.18. The van der Waals surface area contributed by atoms with Gasteiger partial charge in [-0.1, -0.05) is 47.5 Å². The number of carbonyl (C=O) groups excluding carboxylic acids is 1. The average Bonchev–Trinajstić information content (AvgIpc) is 2.49. The van der Waals surface area contributed by atoms with Crippen LogP contribution in [-0.4, -0.2) is 16.9 Å². The highest BCUT2D eigenvalue weighted by molar-refractivity contribution is 6.09. The lowest BCUT2D eigenvalue weighted by atomic mass is 10.1. The van der Waals surface area contributed by atoms with Crippen LogP contribution in [0, 0.1) is 13.8 Å². The Kier molecular flexibility index (Phi) is 4.73. The number of ketones is 1. The standard InChI is InChI=1S/C18H17NO3/c1-12-3-7-14(8-4-12)17(20)11-16(18(21)22)19-15-9-5-13(2)6-10-15/h3-11,19H,1-2H3,(H,21,22). The van der Waals surface area contributed by atoms with E-state index in [-0.39, 0.29) is 11.5 Å².